The molecule has 2 aromatic carbocycles. The molecule has 0 saturated heterocycles. The summed E-state index contributed by atoms with van der Waals surface area (Å²) < 4.78 is 38.9. The van der Waals surface area contributed by atoms with E-state index < -0.39 is 11.7 Å². The molecule has 3 aromatic rings. The van der Waals surface area contributed by atoms with Gasteiger partial charge in [-0.1, -0.05) is 37.6 Å². The first-order valence-electron chi connectivity index (χ1n) is 8.76. The molecule has 29 heavy (non-hydrogen) atoms. The Hall–Kier alpha value is -3.00. The summed E-state index contributed by atoms with van der Waals surface area (Å²) in [6.07, 6.45) is -3.24. The average Bonchev–Trinajstić information content (AvgIpc) is 2.66. The highest BCUT2D eigenvalue weighted by Gasteiger charge is 2.31. The van der Waals surface area contributed by atoms with Gasteiger partial charge in [-0.2, -0.15) is 13.2 Å². The van der Waals surface area contributed by atoms with Crippen LogP contribution >= 0.6 is 11.6 Å². The predicted molar refractivity (Wildman–Crippen MR) is 110 cm³/mol. The second-order valence-corrected chi connectivity index (χ2v) is 7.11. The Labute approximate surface area is 171 Å². The van der Waals surface area contributed by atoms with Crippen molar-refractivity contribution in [3.8, 4) is 0 Å². The molecule has 1 heterocycles. The molecule has 0 fully saturated rings. The van der Waals surface area contributed by atoms with Crippen LogP contribution in [0.2, 0.25) is 5.02 Å². The van der Waals surface area contributed by atoms with Crippen LogP contribution in [0.15, 0.2) is 48.8 Å². The third-order valence-electron chi connectivity index (χ3n) is 4.27. The van der Waals surface area contributed by atoms with Crippen molar-refractivity contribution in [1.82, 2.24) is 9.97 Å². The highest BCUT2D eigenvalue weighted by Crippen LogP contribution is 2.36. The van der Waals surface area contributed by atoms with Gasteiger partial charge in [0.25, 0.3) is 0 Å². The lowest BCUT2D eigenvalue weighted by Crippen LogP contribution is -2.08. The van der Waals surface area contributed by atoms with Crippen molar-refractivity contribution >= 4 is 40.3 Å². The molecule has 4 N–H and O–H groups in total. The first kappa shape index (κ1) is 20.7. The average molecular weight is 422 g/mol. The lowest BCUT2D eigenvalue weighted by molar-refractivity contribution is -0.137. The molecular weight excluding hydrogens is 403 g/mol. The number of nitrogen functional groups attached to an aromatic ring is 1. The van der Waals surface area contributed by atoms with Gasteiger partial charge in [0.15, 0.2) is 11.6 Å². The van der Waals surface area contributed by atoms with Crippen molar-refractivity contribution < 1.29 is 13.2 Å². The zero-order valence-electron chi connectivity index (χ0n) is 15.7. The van der Waals surface area contributed by atoms with E-state index >= 15 is 0 Å². The maximum Gasteiger partial charge on any atom is 0.416 e. The first-order chi connectivity index (χ1) is 13.6. The SMILES string of the molecule is CC(C)c1ccc(Nc2ncnc(Nc3cc(C(F)(F)F)ccc3Cl)c2N)cc1. The third kappa shape index (κ3) is 4.89. The summed E-state index contributed by atoms with van der Waals surface area (Å²) in [5, 5.41) is 5.95. The lowest BCUT2D eigenvalue weighted by Gasteiger charge is -2.15. The second-order valence-electron chi connectivity index (χ2n) is 6.70. The van der Waals surface area contributed by atoms with E-state index in [9.17, 15) is 13.2 Å². The van der Waals surface area contributed by atoms with E-state index in [2.05, 4.69) is 34.4 Å². The number of hydrogen-bond acceptors (Lipinski definition) is 5. The van der Waals surface area contributed by atoms with E-state index in [4.69, 9.17) is 17.3 Å². The molecule has 152 valence electrons. The van der Waals surface area contributed by atoms with E-state index in [1.807, 2.05) is 24.3 Å². The number of nitrogens with zero attached hydrogens (tertiary/aromatic N) is 2. The first-order valence-corrected chi connectivity index (χ1v) is 9.14. The van der Waals surface area contributed by atoms with Gasteiger partial charge in [-0.3, -0.25) is 0 Å². The minimum atomic E-state index is -4.49. The van der Waals surface area contributed by atoms with Crippen LogP contribution in [0, 0.1) is 0 Å². The molecule has 0 radical (unpaired) electrons. The molecule has 1 aromatic heterocycles. The number of benzene rings is 2. The fourth-order valence-corrected chi connectivity index (χ4v) is 2.77. The number of anilines is 5. The summed E-state index contributed by atoms with van der Waals surface area (Å²) in [5.74, 6) is 0.867. The summed E-state index contributed by atoms with van der Waals surface area (Å²) in [5.41, 5.74) is 7.43. The molecule has 0 saturated carbocycles. The van der Waals surface area contributed by atoms with E-state index in [1.54, 1.807) is 0 Å². The zero-order chi connectivity index (χ0) is 21.2. The zero-order valence-corrected chi connectivity index (χ0v) is 16.4. The van der Waals surface area contributed by atoms with Gasteiger partial charge in [-0.05, 0) is 41.8 Å². The molecule has 0 bridgehead atoms. The van der Waals surface area contributed by atoms with Crippen molar-refractivity contribution in [2.45, 2.75) is 25.9 Å². The molecule has 0 aliphatic carbocycles. The standard InChI is InChI=1S/C20H19ClF3N5/c1-11(2)12-3-6-14(7-4-12)28-18-17(25)19(27-10-26-18)29-16-9-13(20(22,23)24)5-8-15(16)21/h3-11H,25H2,1-2H3,(H2,26,27,28,29). The quantitative estimate of drug-likeness (QED) is 0.448. The third-order valence-corrected chi connectivity index (χ3v) is 4.60. The van der Waals surface area contributed by atoms with Crippen molar-refractivity contribution in [2.75, 3.05) is 16.4 Å². The Morgan fingerprint density at radius 1 is 0.966 bits per heavy atom. The fourth-order valence-electron chi connectivity index (χ4n) is 2.61. The number of hydrogen-bond donors (Lipinski definition) is 3. The Morgan fingerprint density at radius 2 is 1.59 bits per heavy atom. The summed E-state index contributed by atoms with van der Waals surface area (Å²) in [7, 11) is 0. The van der Waals surface area contributed by atoms with Gasteiger partial charge in [0.05, 0.1) is 16.3 Å². The Bertz CT molecular complexity index is 1000. The molecule has 3 rings (SSSR count). The molecule has 0 amide bonds. The number of nitrogens with two attached hydrogens (primary N) is 1. The largest absolute Gasteiger partial charge is 0.416 e. The number of alkyl halides is 3. The number of nitrogens with one attached hydrogen (secondary N) is 2. The van der Waals surface area contributed by atoms with Crippen LogP contribution in [0.3, 0.4) is 0 Å². The molecule has 0 atom stereocenters. The van der Waals surface area contributed by atoms with Crippen LogP contribution in [0.4, 0.5) is 41.9 Å². The van der Waals surface area contributed by atoms with Crippen LogP contribution < -0.4 is 16.4 Å². The maximum atomic E-state index is 13.0. The van der Waals surface area contributed by atoms with Gasteiger partial charge < -0.3 is 16.4 Å². The van der Waals surface area contributed by atoms with Crippen molar-refractivity contribution in [3.05, 3.63) is 64.9 Å². The van der Waals surface area contributed by atoms with E-state index in [1.165, 1.54) is 18.0 Å². The summed E-state index contributed by atoms with van der Waals surface area (Å²) in [6, 6.07) is 10.8. The normalized spacial score (nSPS) is 11.6. The predicted octanol–water partition coefficient (Wildman–Crippen LogP) is 6.34. The second kappa shape index (κ2) is 8.16. The van der Waals surface area contributed by atoms with Crippen LogP contribution in [0.1, 0.15) is 30.9 Å². The van der Waals surface area contributed by atoms with E-state index in [0.717, 1.165) is 17.8 Å². The number of rotatable bonds is 5. The molecule has 9 heteroatoms. The Balaban J connectivity index is 1.86. The highest BCUT2D eigenvalue weighted by molar-refractivity contribution is 6.33. The maximum absolute atomic E-state index is 13.0. The molecule has 0 spiro atoms. The van der Waals surface area contributed by atoms with Gasteiger partial charge in [-0.15, -0.1) is 0 Å². The monoisotopic (exact) mass is 421 g/mol. The smallest absolute Gasteiger partial charge is 0.393 e. The topological polar surface area (TPSA) is 75.9 Å². The Morgan fingerprint density at radius 3 is 2.17 bits per heavy atom. The summed E-state index contributed by atoms with van der Waals surface area (Å²) in [4.78, 5) is 8.13. The van der Waals surface area contributed by atoms with Crippen LogP contribution in [0.5, 0.6) is 0 Å². The van der Waals surface area contributed by atoms with Gasteiger partial charge >= 0.3 is 6.18 Å². The van der Waals surface area contributed by atoms with Crippen molar-refractivity contribution in [2.24, 2.45) is 0 Å². The van der Waals surface area contributed by atoms with Crippen molar-refractivity contribution in [3.63, 3.8) is 0 Å². The minimum Gasteiger partial charge on any atom is -0.393 e. The molecule has 0 unspecified atom stereocenters. The van der Waals surface area contributed by atoms with Crippen LogP contribution in [-0.4, -0.2) is 9.97 Å². The van der Waals surface area contributed by atoms with Gasteiger partial charge in [0.1, 0.15) is 12.0 Å². The van der Waals surface area contributed by atoms with Crippen LogP contribution in [-0.2, 0) is 6.18 Å². The molecular formula is C20H19ClF3N5. The summed E-state index contributed by atoms with van der Waals surface area (Å²) >= 11 is 6.03. The Kier molecular flexibility index (Phi) is 5.83. The van der Waals surface area contributed by atoms with E-state index in [0.29, 0.717) is 11.7 Å². The van der Waals surface area contributed by atoms with Gasteiger partial charge in [-0.25, -0.2) is 9.97 Å². The minimum absolute atomic E-state index is 0.0409. The molecule has 0 aliphatic rings. The lowest BCUT2D eigenvalue weighted by atomic mass is 10.0. The van der Waals surface area contributed by atoms with E-state index in [-0.39, 0.29) is 22.2 Å². The van der Waals surface area contributed by atoms with Crippen molar-refractivity contribution in [1.29, 1.82) is 0 Å². The van der Waals surface area contributed by atoms with Crippen LogP contribution in [0.25, 0.3) is 0 Å². The number of halogens is 4. The van der Waals surface area contributed by atoms with Gasteiger partial charge in [0.2, 0.25) is 0 Å². The summed E-state index contributed by atoms with van der Waals surface area (Å²) in [6.45, 7) is 4.20. The van der Waals surface area contributed by atoms with Gasteiger partial charge in [0, 0.05) is 5.69 Å². The fraction of sp³-hybridized carbons (Fsp3) is 0.200. The number of aromatic nitrogens is 2. The molecule has 0 aliphatic heterocycles. The molecule has 5 nitrogen and oxygen atoms in total. The highest BCUT2D eigenvalue weighted by atomic mass is 35.5.